The molecule has 0 amide bonds. The van der Waals surface area contributed by atoms with Crippen LogP contribution in [0.4, 0.5) is 0 Å². The van der Waals surface area contributed by atoms with Crippen LogP contribution < -0.4 is 5.32 Å². The van der Waals surface area contributed by atoms with E-state index in [-0.39, 0.29) is 6.04 Å². The molecule has 0 aliphatic rings. The highest BCUT2D eigenvalue weighted by molar-refractivity contribution is 9.10. The number of hydrogen-bond acceptors (Lipinski definition) is 3. The molecule has 0 aliphatic carbocycles. The zero-order chi connectivity index (χ0) is 13.4. The second-order valence-electron chi connectivity index (χ2n) is 4.05. The Balaban J connectivity index is 2.63. The van der Waals surface area contributed by atoms with Gasteiger partial charge in [-0.2, -0.15) is 0 Å². The van der Waals surface area contributed by atoms with Gasteiger partial charge in [0.2, 0.25) is 0 Å². The molecule has 0 fully saturated rings. The van der Waals surface area contributed by atoms with Crippen molar-refractivity contribution in [3.8, 4) is 0 Å². The molecule has 2 atom stereocenters. The van der Waals surface area contributed by atoms with Crippen molar-refractivity contribution < 1.29 is 8.95 Å². The molecule has 0 saturated heterocycles. The number of ether oxygens (including phenoxy) is 1. The Bertz CT molecular complexity index is 387. The van der Waals surface area contributed by atoms with Crippen molar-refractivity contribution in [3.63, 3.8) is 0 Å². The van der Waals surface area contributed by atoms with Crippen molar-refractivity contribution in [2.24, 2.45) is 0 Å². The highest BCUT2D eigenvalue weighted by Gasteiger charge is 2.15. The fourth-order valence-corrected chi connectivity index (χ4v) is 3.72. The van der Waals surface area contributed by atoms with Crippen LogP contribution >= 0.6 is 15.9 Å². The first-order valence-electron chi connectivity index (χ1n) is 6.04. The third-order valence-corrected chi connectivity index (χ3v) is 4.99. The summed E-state index contributed by atoms with van der Waals surface area (Å²) in [6.07, 6.45) is 1.06. The Labute approximate surface area is 120 Å². The van der Waals surface area contributed by atoms with E-state index in [4.69, 9.17) is 4.74 Å². The molecule has 0 spiro atoms. The van der Waals surface area contributed by atoms with Gasteiger partial charge in [0.1, 0.15) is 0 Å². The van der Waals surface area contributed by atoms with Gasteiger partial charge in [-0.1, -0.05) is 19.1 Å². The van der Waals surface area contributed by atoms with Gasteiger partial charge in [-0.05, 0) is 41.0 Å². The van der Waals surface area contributed by atoms with Gasteiger partial charge in [0.25, 0.3) is 0 Å². The molecule has 1 aromatic carbocycles. The summed E-state index contributed by atoms with van der Waals surface area (Å²) >= 11 is 3.43. The molecule has 0 aliphatic heterocycles. The van der Waals surface area contributed by atoms with Crippen molar-refractivity contribution in [2.45, 2.75) is 24.3 Å². The molecule has 0 bridgehead atoms. The monoisotopic (exact) mass is 333 g/mol. The SMILES string of the molecule is CCCNC(COC)CS(=O)c1ccccc1Br. The molecule has 102 valence electrons. The molecule has 0 heterocycles. The van der Waals surface area contributed by atoms with Crippen LogP contribution in [0.15, 0.2) is 33.6 Å². The molecule has 3 nitrogen and oxygen atoms in total. The number of halogens is 1. The maximum absolute atomic E-state index is 12.3. The molecule has 18 heavy (non-hydrogen) atoms. The van der Waals surface area contributed by atoms with Crippen molar-refractivity contribution in [1.29, 1.82) is 0 Å². The summed E-state index contributed by atoms with van der Waals surface area (Å²) in [6.45, 7) is 3.61. The first-order valence-corrected chi connectivity index (χ1v) is 8.15. The lowest BCUT2D eigenvalue weighted by molar-refractivity contribution is 0.173. The molecule has 0 aromatic heterocycles. The molecule has 0 radical (unpaired) electrons. The minimum Gasteiger partial charge on any atom is -0.383 e. The predicted octanol–water partition coefficient (Wildman–Crippen LogP) is 2.57. The highest BCUT2D eigenvalue weighted by Crippen LogP contribution is 2.20. The highest BCUT2D eigenvalue weighted by atomic mass is 79.9. The maximum Gasteiger partial charge on any atom is 0.0624 e. The van der Waals surface area contributed by atoms with E-state index in [2.05, 4.69) is 28.2 Å². The van der Waals surface area contributed by atoms with Crippen LogP contribution in [0.2, 0.25) is 0 Å². The number of hydrogen-bond donors (Lipinski definition) is 1. The predicted molar refractivity (Wildman–Crippen MR) is 79.4 cm³/mol. The van der Waals surface area contributed by atoms with Crippen LogP contribution in [-0.4, -0.2) is 36.3 Å². The summed E-state index contributed by atoms with van der Waals surface area (Å²) in [5.74, 6) is 0.566. The van der Waals surface area contributed by atoms with Gasteiger partial charge in [-0.25, -0.2) is 0 Å². The lowest BCUT2D eigenvalue weighted by Crippen LogP contribution is -2.38. The molecule has 1 N–H and O–H groups in total. The van der Waals surface area contributed by atoms with Crippen molar-refractivity contribution in [2.75, 3.05) is 26.0 Å². The molecule has 1 aromatic rings. The van der Waals surface area contributed by atoms with E-state index in [1.165, 1.54) is 0 Å². The average molecular weight is 334 g/mol. The molecule has 0 saturated carbocycles. The summed E-state index contributed by atoms with van der Waals surface area (Å²) in [6, 6.07) is 7.76. The first-order chi connectivity index (χ1) is 8.69. The van der Waals surface area contributed by atoms with Gasteiger partial charge in [-0.3, -0.25) is 4.21 Å². The van der Waals surface area contributed by atoms with Crippen LogP contribution in [0.3, 0.4) is 0 Å². The third-order valence-electron chi connectivity index (χ3n) is 2.49. The first kappa shape index (κ1) is 15.8. The zero-order valence-corrected chi connectivity index (χ0v) is 13.2. The van der Waals surface area contributed by atoms with Crippen LogP contribution in [0.5, 0.6) is 0 Å². The number of nitrogens with one attached hydrogen (secondary N) is 1. The molecular weight excluding hydrogens is 314 g/mol. The van der Waals surface area contributed by atoms with Gasteiger partial charge in [-0.15, -0.1) is 0 Å². The van der Waals surface area contributed by atoms with E-state index in [1.54, 1.807) is 7.11 Å². The summed E-state index contributed by atoms with van der Waals surface area (Å²) in [4.78, 5) is 0.844. The van der Waals surface area contributed by atoms with Gasteiger partial charge >= 0.3 is 0 Å². The Morgan fingerprint density at radius 2 is 2.17 bits per heavy atom. The number of benzene rings is 1. The standard InChI is InChI=1S/C13H20BrNO2S/c1-3-8-15-11(9-17-2)10-18(16)13-7-5-4-6-12(13)14/h4-7,11,15H,3,8-10H2,1-2H3. The van der Waals surface area contributed by atoms with E-state index in [0.29, 0.717) is 12.4 Å². The van der Waals surface area contributed by atoms with E-state index in [0.717, 1.165) is 22.3 Å². The van der Waals surface area contributed by atoms with Crippen molar-refractivity contribution in [3.05, 3.63) is 28.7 Å². The van der Waals surface area contributed by atoms with E-state index >= 15 is 0 Å². The summed E-state index contributed by atoms with van der Waals surface area (Å²) in [7, 11) is 0.649. The van der Waals surface area contributed by atoms with Crippen molar-refractivity contribution >= 4 is 26.7 Å². The van der Waals surface area contributed by atoms with E-state index < -0.39 is 10.8 Å². The zero-order valence-electron chi connectivity index (χ0n) is 10.8. The smallest absolute Gasteiger partial charge is 0.0624 e. The lowest BCUT2D eigenvalue weighted by atomic mass is 10.3. The van der Waals surface area contributed by atoms with Crippen LogP contribution in [0, 0.1) is 0 Å². The summed E-state index contributed by atoms with van der Waals surface area (Å²) in [5.41, 5.74) is 0. The maximum atomic E-state index is 12.3. The van der Waals surface area contributed by atoms with Crippen LogP contribution in [0.1, 0.15) is 13.3 Å². The fourth-order valence-electron chi connectivity index (χ4n) is 1.62. The molecule has 5 heteroatoms. The minimum atomic E-state index is -1.02. The molecule has 2 unspecified atom stereocenters. The third kappa shape index (κ3) is 5.18. The van der Waals surface area contributed by atoms with Gasteiger partial charge in [0.05, 0.1) is 22.3 Å². The Hall–Kier alpha value is -0.230. The van der Waals surface area contributed by atoms with E-state index in [1.807, 2.05) is 24.3 Å². The fraction of sp³-hybridized carbons (Fsp3) is 0.538. The average Bonchev–Trinajstić information content (AvgIpc) is 2.36. The summed E-state index contributed by atoms with van der Waals surface area (Å²) in [5, 5.41) is 3.36. The second-order valence-corrected chi connectivity index (χ2v) is 6.37. The van der Waals surface area contributed by atoms with Gasteiger partial charge in [0.15, 0.2) is 0 Å². The molecule has 1 rings (SSSR count). The van der Waals surface area contributed by atoms with Gasteiger partial charge < -0.3 is 10.1 Å². The normalized spacial score (nSPS) is 14.4. The lowest BCUT2D eigenvalue weighted by Gasteiger charge is -2.17. The van der Waals surface area contributed by atoms with Crippen LogP contribution in [-0.2, 0) is 15.5 Å². The Morgan fingerprint density at radius 1 is 1.44 bits per heavy atom. The number of rotatable bonds is 8. The van der Waals surface area contributed by atoms with E-state index in [9.17, 15) is 4.21 Å². The van der Waals surface area contributed by atoms with Crippen LogP contribution in [0.25, 0.3) is 0 Å². The Kier molecular flexibility index (Phi) is 7.74. The largest absolute Gasteiger partial charge is 0.383 e. The van der Waals surface area contributed by atoms with Gasteiger partial charge in [0, 0.05) is 23.4 Å². The Morgan fingerprint density at radius 3 is 2.78 bits per heavy atom. The quantitative estimate of drug-likeness (QED) is 0.794. The topological polar surface area (TPSA) is 38.3 Å². The number of methoxy groups -OCH3 is 1. The second kappa shape index (κ2) is 8.80. The summed E-state index contributed by atoms with van der Waals surface area (Å²) < 4.78 is 18.4. The molecular formula is C13H20BrNO2S. The minimum absolute atomic E-state index is 0.128. The van der Waals surface area contributed by atoms with Crippen molar-refractivity contribution in [1.82, 2.24) is 5.32 Å².